The quantitative estimate of drug-likeness (QED) is 0.893. The highest BCUT2D eigenvalue weighted by atomic mass is 19.2. The van der Waals surface area contributed by atoms with Gasteiger partial charge in [-0.25, -0.2) is 13.8 Å². The van der Waals surface area contributed by atoms with E-state index >= 15 is 0 Å². The van der Waals surface area contributed by atoms with Gasteiger partial charge in [0.2, 0.25) is 5.91 Å². The lowest BCUT2D eigenvalue weighted by Gasteiger charge is -2.26. The lowest BCUT2D eigenvalue weighted by molar-refractivity contribution is -0.128. The molecule has 8 heteroatoms. The Kier molecular flexibility index (Phi) is 5.29. The zero-order valence-electron chi connectivity index (χ0n) is 14.2. The lowest BCUT2D eigenvalue weighted by atomic mass is 10.0. The Hall–Kier alpha value is -2.06. The van der Waals surface area contributed by atoms with Gasteiger partial charge in [0.25, 0.3) is 0 Å². The molecule has 1 aromatic heterocycles. The highest BCUT2D eigenvalue weighted by Gasteiger charge is 2.27. The van der Waals surface area contributed by atoms with Crippen LogP contribution in [0.2, 0.25) is 0 Å². The SMILES string of the molecule is CC(C)[C@@H](C(=O)NC[C@@H]1COCCO1)n1cnc2cc(F)c(F)cc21. The lowest BCUT2D eigenvalue weighted by Crippen LogP contribution is -2.43. The number of ether oxygens (including phenoxy) is 2. The Morgan fingerprint density at radius 3 is 2.80 bits per heavy atom. The number of amides is 1. The van der Waals surface area contributed by atoms with Gasteiger partial charge in [-0.05, 0) is 5.92 Å². The first-order valence-corrected chi connectivity index (χ1v) is 8.26. The molecular formula is C17H21F2N3O3. The highest BCUT2D eigenvalue weighted by molar-refractivity contribution is 5.84. The number of rotatable bonds is 5. The maximum absolute atomic E-state index is 13.6. The smallest absolute Gasteiger partial charge is 0.243 e. The molecule has 0 saturated carbocycles. The predicted octanol–water partition coefficient (Wildman–Crippen LogP) is 2.04. The van der Waals surface area contributed by atoms with Gasteiger partial charge in [0.15, 0.2) is 11.6 Å². The third-order valence-electron chi connectivity index (χ3n) is 4.21. The molecule has 2 aromatic rings. The molecule has 1 saturated heterocycles. The zero-order valence-corrected chi connectivity index (χ0v) is 14.2. The molecule has 3 rings (SSSR count). The second kappa shape index (κ2) is 7.45. The van der Waals surface area contributed by atoms with Crippen LogP contribution in [-0.2, 0) is 14.3 Å². The highest BCUT2D eigenvalue weighted by Crippen LogP contribution is 2.25. The fraction of sp³-hybridized carbons (Fsp3) is 0.529. The number of fused-ring (bicyclic) bond motifs is 1. The molecule has 2 atom stereocenters. The maximum atomic E-state index is 13.6. The van der Waals surface area contributed by atoms with Crippen molar-refractivity contribution >= 4 is 16.9 Å². The van der Waals surface area contributed by atoms with Gasteiger partial charge in [-0.3, -0.25) is 4.79 Å². The first kappa shape index (κ1) is 17.8. The van der Waals surface area contributed by atoms with Crippen LogP contribution in [-0.4, -0.2) is 47.9 Å². The summed E-state index contributed by atoms with van der Waals surface area (Å²) in [5, 5.41) is 2.85. The van der Waals surface area contributed by atoms with E-state index in [-0.39, 0.29) is 17.9 Å². The van der Waals surface area contributed by atoms with Crippen molar-refractivity contribution in [2.45, 2.75) is 26.0 Å². The second-order valence-corrected chi connectivity index (χ2v) is 6.41. The molecule has 1 N–H and O–H groups in total. The van der Waals surface area contributed by atoms with Crippen molar-refractivity contribution in [1.29, 1.82) is 0 Å². The van der Waals surface area contributed by atoms with Crippen molar-refractivity contribution in [3.05, 3.63) is 30.1 Å². The van der Waals surface area contributed by atoms with E-state index in [2.05, 4.69) is 10.3 Å². The molecule has 0 unspecified atom stereocenters. The summed E-state index contributed by atoms with van der Waals surface area (Å²) in [5.41, 5.74) is 0.686. The number of carbonyl (C=O) groups is 1. The zero-order chi connectivity index (χ0) is 18.0. The molecule has 25 heavy (non-hydrogen) atoms. The summed E-state index contributed by atoms with van der Waals surface area (Å²) in [4.78, 5) is 16.8. The van der Waals surface area contributed by atoms with Crippen LogP contribution >= 0.6 is 0 Å². The normalized spacial score (nSPS) is 19.3. The molecule has 1 amide bonds. The largest absolute Gasteiger partial charge is 0.376 e. The Bertz CT molecular complexity index is 757. The number of nitrogens with zero attached hydrogens (tertiary/aromatic N) is 2. The molecule has 2 heterocycles. The van der Waals surface area contributed by atoms with Crippen LogP contribution in [0.5, 0.6) is 0 Å². The Morgan fingerprint density at radius 1 is 1.36 bits per heavy atom. The molecular weight excluding hydrogens is 332 g/mol. The van der Waals surface area contributed by atoms with Crippen LogP contribution in [0.4, 0.5) is 8.78 Å². The van der Waals surface area contributed by atoms with Gasteiger partial charge in [0.1, 0.15) is 6.04 Å². The molecule has 1 aliphatic rings. The van der Waals surface area contributed by atoms with Gasteiger partial charge >= 0.3 is 0 Å². The van der Waals surface area contributed by atoms with E-state index in [0.717, 1.165) is 12.1 Å². The molecule has 6 nitrogen and oxygen atoms in total. The number of halogens is 2. The number of nitrogens with one attached hydrogen (secondary N) is 1. The number of benzene rings is 1. The van der Waals surface area contributed by atoms with Crippen LogP contribution in [0, 0.1) is 17.6 Å². The number of carbonyl (C=O) groups excluding carboxylic acids is 1. The predicted molar refractivity (Wildman–Crippen MR) is 87.1 cm³/mol. The monoisotopic (exact) mass is 353 g/mol. The minimum absolute atomic E-state index is 0.0750. The van der Waals surface area contributed by atoms with Gasteiger partial charge in [0, 0.05) is 18.7 Å². The number of imidazole rings is 1. The topological polar surface area (TPSA) is 65.4 Å². The molecule has 0 aliphatic carbocycles. The summed E-state index contributed by atoms with van der Waals surface area (Å²) in [6, 6.07) is 1.50. The summed E-state index contributed by atoms with van der Waals surface area (Å²) in [5.74, 6) is -2.23. The van der Waals surface area contributed by atoms with Gasteiger partial charge in [-0.2, -0.15) is 0 Å². The van der Waals surface area contributed by atoms with Crippen LogP contribution in [0.25, 0.3) is 11.0 Å². The molecule has 0 spiro atoms. The summed E-state index contributed by atoms with van der Waals surface area (Å²) in [6.07, 6.45) is 1.25. The van der Waals surface area contributed by atoms with Crippen molar-refractivity contribution in [1.82, 2.24) is 14.9 Å². The van der Waals surface area contributed by atoms with E-state index in [4.69, 9.17) is 9.47 Å². The molecule has 0 radical (unpaired) electrons. The maximum Gasteiger partial charge on any atom is 0.243 e. The van der Waals surface area contributed by atoms with E-state index in [0.29, 0.717) is 37.4 Å². The van der Waals surface area contributed by atoms with E-state index in [1.165, 1.54) is 6.33 Å². The average molecular weight is 353 g/mol. The van der Waals surface area contributed by atoms with E-state index in [1.807, 2.05) is 13.8 Å². The molecule has 1 aliphatic heterocycles. The Labute approximate surface area is 144 Å². The van der Waals surface area contributed by atoms with Crippen LogP contribution < -0.4 is 5.32 Å². The number of hydrogen-bond donors (Lipinski definition) is 1. The second-order valence-electron chi connectivity index (χ2n) is 6.41. The van der Waals surface area contributed by atoms with Gasteiger partial charge in [-0.1, -0.05) is 13.8 Å². The summed E-state index contributed by atoms with van der Waals surface area (Å²) in [7, 11) is 0. The van der Waals surface area contributed by atoms with E-state index < -0.39 is 17.7 Å². The van der Waals surface area contributed by atoms with E-state index in [9.17, 15) is 13.6 Å². The van der Waals surface area contributed by atoms with Gasteiger partial charge in [0.05, 0.1) is 43.3 Å². The number of aromatic nitrogens is 2. The summed E-state index contributed by atoms with van der Waals surface area (Å²) < 4.78 is 39.4. The van der Waals surface area contributed by atoms with E-state index in [1.54, 1.807) is 4.57 Å². The van der Waals surface area contributed by atoms with Gasteiger partial charge in [-0.15, -0.1) is 0 Å². The first-order chi connectivity index (χ1) is 12.0. The Balaban J connectivity index is 1.80. The fourth-order valence-corrected chi connectivity index (χ4v) is 2.97. The average Bonchev–Trinajstić information content (AvgIpc) is 2.97. The van der Waals surface area contributed by atoms with Crippen LogP contribution in [0.15, 0.2) is 18.5 Å². The van der Waals surface area contributed by atoms with Crippen LogP contribution in [0.3, 0.4) is 0 Å². The minimum atomic E-state index is -0.968. The molecule has 1 aromatic carbocycles. The van der Waals surface area contributed by atoms with Crippen molar-refractivity contribution in [2.75, 3.05) is 26.4 Å². The third kappa shape index (κ3) is 3.80. The number of hydrogen-bond acceptors (Lipinski definition) is 4. The van der Waals surface area contributed by atoms with Crippen molar-refractivity contribution in [3.8, 4) is 0 Å². The van der Waals surface area contributed by atoms with Crippen molar-refractivity contribution < 1.29 is 23.0 Å². The summed E-state index contributed by atoms with van der Waals surface area (Å²) in [6.45, 7) is 5.60. The summed E-state index contributed by atoms with van der Waals surface area (Å²) >= 11 is 0. The standard InChI is InChI=1S/C17H21F2N3O3/c1-10(2)16(17(23)20-7-11-8-24-3-4-25-11)22-9-21-14-5-12(18)13(19)6-15(14)22/h5-6,9-11,16H,3-4,7-8H2,1-2H3,(H,20,23)/t11-,16+/m1/s1. The molecule has 0 bridgehead atoms. The molecule has 136 valence electrons. The molecule has 1 fully saturated rings. The van der Waals surface area contributed by atoms with Crippen molar-refractivity contribution in [3.63, 3.8) is 0 Å². The fourth-order valence-electron chi connectivity index (χ4n) is 2.97. The Morgan fingerprint density at radius 2 is 2.12 bits per heavy atom. The van der Waals surface area contributed by atoms with Gasteiger partial charge < -0.3 is 19.4 Å². The minimum Gasteiger partial charge on any atom is -0.376 e. The van der Waals surface area contributed by atoms with Crippen molar-refractivity contribution in [2.24, 2.45) is 5.92 Å². The van der Waals surface area contributed by atoms with Crippen LogP contribution in [0.1, 0.15) is 19.9 Å². The first-order valence-electron chi connectivity index (χ1n) is 8.26. The third-order valence-corrected chi connectivity index (χ3v) is 4.21.